The number of nitrogens with one attached hydrogen (secondary N) is 1. The average molecular weight is 500 g/mol. The maximum Gasteiger partial charge on any atom is 0.225 e. The van der Waals surface area contributed by atoms with E-state index in [4.69, 9.17) is 19.6 Å². The summed E-state index contributed by atoms with van der Waals surface area (Å²) in [6, 6.07) is 14.1. The lowest BCUT2D eigenvalue weighted by Crippen LogP contribution is -2.43. The number of nitrogens with zero attached hydrogens (tertiary/aromatic N) is 4. The van der Waals surface area contributed by atoms with Gasteiger partial charge in [-0.1, -0.05) is 12.1 Å². The largest absolute Gasteiger partial charge is 0.497 e. The molecule has 37 heavy (non-hydrogen) atoms. The molecule has 1 aliphatic heterocycles. The standard InChI is InChI=1S/C29H33N5O3/c1-19-7-8-21(14-20(19)2)25-16-26-28(30-11-13-34(26)32-25)33-12-5-6-23(18-33)29(35)31-17-22-9-10-24(36-3)15-27(22)37-4/h7-11,13-16,23H,5-6,12,17-18H2,1-4H3,(H,31,35). The molecule has 8 nitrogen and oxygen atoms in total. The fraction of sp³-hybridized carbons (Fsp3) is 0.345. The third kappa shape index (κ3) is 5.09. The molecule has 5 rings (SSSR count). The Morgan fingerprint density at radius 1 is 1.08 bits per heavy atom. The average Bonchev–Trinajstić information content (AvgIpc) is 3.37. The fourth-order valence-electron chi connectivity index (χ4n) is 4.90. The summed E-state index contributed by atoms with van der Waals surface area (Å²) < 4.78 is 12.6. The molecule has 2 aromatic carbocycles. The Labute approximate surface area is 217 Å². The number of hydrogen-bond donors (Lipinski definition) is 1. The Balaban J connectivity index is 1.32. The number of anilines is 1. The van der Waals surface area contributed by atoms with Gasteiger partial charge in [0.25, 0.3) is 0 Å². The van der Waals surface area contributed by atoms with Crippen LogP contribution in [0.3, 0.4) is 0 Å². The summed E-state index contributed by atoms with van der Waals surface area (Å²) in [7, 11) is 3.24. The number of methoxy groups -OCH3 is 2. The van der Waals surface area contributed by atoms with Crippen molar-refractivity contribution in [3.05, 3.63) is 71.5 Å². The number of carbonyl (C=O) groups is 1. The minimum absolute atomic E-state index is 0.0406. The number of rotatable bonds is 7. The Morgan fingerprint density at radius 2 is 1.95 bits per heavy atom. The van der Waals surface area contributed by atoms with Crippen molar-refractivity contribution in [3.8, 4) is 22.8 Å². The maximum absolute atomic E-state index is 13.1. The van der Waals surface area contributed by atoms with Gasteiger partial charge in [0.05, 0.1) is 25.8 Å². The summed E-state index contributed by atoms with van der Waals surface area (Å²) in [5.41, 5.74) is 6.36. The van der Waals surface area contributed by atoms with Crippen LogP contribution >= 0.6 is 0 Å². The number of benzene rings is 2. The van der Waals surface area contributed by atoms with Crippen LogP contribution in [0.15, 0.2) is 54.9 Å². The molecule has 1 amide bonds. The molecule has 1 atom stereocenters. The van der Waals surface area contributed by atoms with E-state index in [9.17, 15) is 4.79 Å². The van der Waals surface area contributed by atoms with Crippen LogP contribution in [0.2, 0.25) is 0 Å². The lowest BCUT2D eigenvalue weighted by atomic mass is 9.97. The number of aromatic nitrogens is 3. The van der Waals surface area contributed by atoms with E-state index < -0.39 is 0 Å². The number of piperidine rings is 1. The molecule has 1 saturated heterocycles. The summed E-state index contributed by atoms with van der Waals surface area (Å²) in [6.45, 7) is 6.10. The first-order valence-corrected chi connectivity index (χ1v) is 12.6. The SMILES string of the molecule is COc1ccc(CNC(=O)C2CCCN(c3nccn4nc(-c5ccc(C)c(C)c5)cc34)C2)c(OC)c1. The second-order valence-corrected chi connectivity index (χ2v) is 9.59. The van der Waals surface area contributed by atoms with E-state index in [2.05, 4.69) is 48.3 Å². The quantitative estimate of drug-likeness (QED) is 0.401. The van der Waals surface area contributed by atoms with Crippen molar-refractivity contribution >= 4 is 17.2 Å². The Kier molecular flexibility index (Phi) is 6.99. The van der Waals surface area contributed by atoms with E-state index in [0.717, 1.165) is 53.3 Å². The predicted octanol–water partition coefficient (Wildman–Crippen LogP) is 4.56. The van der Waals surface area contributed by atoms with E-state index in [1.807, 2.05) is 28.9 Å². The second-order valence-electron chi connectivity index (χ2n) is 9.59. The van der Waals surface area contributed by atoms with Crippen LogP contribution in [0.1, 0.15) is 29.5 Å². The molecule has 4 aromatic rings. The van der Waals surface area contributed by atoms with Gasteiger partial charge in [-0.2, -0.15) is 5.10 Å². The third-order valence-corrected chi connectivity index (χ3v) is 7.21. The molecular weight excluding hydrogens is 466 g/mol. The van der Waals surface area contributed by atoms with E-state index >= 15 is 0 Å². The van der Waals surface area contributed by atoms with Crippen molar-refractivity contribution in [2.75, 3.05) is 32.2 Å². The van der Waals surface area contributed by atoms with Crippen LogP contribution in [-0.4, -0.2) is 47.8 Å². The molecule has 1 unspecified atom stereocenters. The van der Waals surface area contributed by atoms with Crippen molar-refractivity contribution in [1.29, 1.82) is 0 Å². The first-order valence-electron chi connectivity index (χ1n) is 12.6. The van der Waals surface area contributed by atoms with Crippen molar-refractivity contribution in [2.24, 2.45) is 5.92 Å². The minimum Gasteiger partial charge on any atom is -0.497 e. The second kappa shape index (κ2) is 10.5. The Hall–Kier alpha value is -4.07. The molecular formula is C29H33N5O3. The predicted molar refractivity (Wildman–Crippen MR) is 144 cm³/mol. The molecule has 192 valence electrons. The van der Waals surface area contributed by atoms with Gasteiger partial charge in [0.1, 0.15) is 17.0 Å². The molecule has 0 aliphatic carbocycles. The lowest BCUT2D eigenvalue weighted by molar-refractivity contribution is -0.125. The third-order valence-electron chi connectivity index (χ3n) is 7.21. The Bertz CT molecular complexity index is 1430. The van der Waals surface area contributed by atoms with E-state index in [1.54, 1.807) is 20.4 Å². The maximum atomic E-state index is 13.1. The molecule has 0 spiro atoms. The number of ether oxygens (including phenoxy) is 2. The summed E-state index contributed by atoms with van der Waals surface area (Å²) >= 11 is 0. The van der Waals surface area contributed by atoms with E-state index in [0.29, 0.717) is 18.8 Å². The van der Waals surface area contributed by atoms with Crippen LogP contribution in [0, 0.1) is 19.8 Å². The highest BCUT2D eigenvalue weighted by atomic mass is 16.5. The molecule has 1 aliphatic rings. The zero-order valence-corrected chi connectivity index (χ0v) is 21.8. The van der Waals surface area contributed by atoms with Gasteiger partial charge in [0.2, 0.25) is 5.91 Å². The van der Waals surface area contributed by atoms with Crippen molar-refractivity contribution in [3.63, 3.8) is 0 Å². The lowest BCUT2D eigenvalue weighted by Gasteiger charge is -2.33. The number of hydrogen-bond acceptors (Lipinski definition) is 6. The van der Waals surface area contributed by atoms with Gasteiger partial charge in [0, 0.05) is 49.2 Å². The van der Waals surface area contributed by atoms with Gasteiger partial charge in [-0.25, -0.2) is 9.50 Å². The van der Waals surface area contributed by atoms with Gasteiger partial charge in [-0.15, -0.1) is 0 Å². The molecule has 0 bridgehead atoms. The van der Waals surface area contributed by atoms with Crippen molar-refractivity contribution < 1.29 is 14.3 Å². The van der Waals surface area contributed by atoms with Gasteiger partial charge in [-0.05, 0) is 62.1 Å². The number of amides is 1. The molecule has 2 aromatic heterocycles. The van der Waals surface area contributed by atoms with Gasteiger partial charge in [0.15, 0.2) is 5.82 Å². The highest BCUT2D eigenvalue weighted by Gasteiger charge is 2.28. The summed E-state index contributed by atoms with van der Waals surface area (Å²) in [4.78, 5) is 20.1. The van der Waals surface area contributed by atoms with Crippen LogP contribution in [0.5, 0.6) is 11.5 Å². The topological polar surface area (TPSA) is 81.0 Å². The van der Waals surface area contributed by atoms with E-state index in [-0.39, 0.29) is 11.8 Å². The van der Waals surface area contributed by atoms with Crippen LogP contribution < -0.4 is 19.7 Å². The fourth-order valence-corrected chi connectivity index (χ4v) is 4.90. The zero-order chi connectivity index (χ0) is 25.9. The number of fused-ring (bicyclic) bond motifs is 1. The first-order chi connectivity index (χ1) is 18.0. The number of aryl methyl sites for hydroxylation is 2. The minimum atomic E-state index is -0.123. The van der Waals surface area contributed by atoms with Gasteiger partial charge >= 0.3 is 0 Å². The smallest absolute Gasteiger partial charge is 0.225 e. The monoisotopic (exact) mass is 499 g/mol. The molecule has 8 heteroatoms. The van der Waals surface area contributed by atoms with Crippen LogP contribution in [0.4, 0.5) is 5.82 Å². The molecule has 0 saturated carbocycles. The van der Waals surface area contributed by atoms with Crippen molar-refractivity contribution in [1.82, 2.24) is 19.9 Å². The summed E-state index contributed by atoms with van der Waals surface area (Å²) in [5.74, 6) is 2.19. The number of carbonyl (C=O) groups excluding carboxylic acids is 1. The molecule has 0 radical (unpaired) electrons. The summed E-state index contributed by atoms with van der Waals surface area (Å²) in [6.07, 6.45) is 5.42. The van der Waals surface area contributed by atoms with Gasteiger partial charge < -0.3 is 19.7 Å². The summed E-state index contributed by atoms with van der Waals surface area (Å²) in [5, 5.41) is 7.91. The van der Waals surface area contributed by atoms with Crippen molar-refractivity contribution in [2.45, 2.75) is 33.2 Å². The zero-order valence-electron chi connectivity index (χ0n) is 21.8. The molecule has 3 heterocycles. The van der Waals surface area contributed by atoms with Crippen LogP contribution in [0.25, 0.3) is 16.8 Å². The molecule has 1 N–H and O–H groups in total. The van der Waals surface area contributed by atoms with Crippen LogP contribution in [-0.2, 0) is 11.3 Å². The molecule has 1 fully saturated rings. The van der Waals surface area contributed by atoms with E-state index in [1.165, 1.54) is 11.1 Å². The first kappa shape index (κ1) is 24.6. The highest BCUT2D eigenvalue weighted by molar-refractivity contribution is 5.81. The normalized spacial score (nSPS) is 15.6. The highest BCUT2D eigenvalue weighted by Crippen LogP contribution is 2.29. The van der Waals surface area contributed by atoms with Gasteiger partial charge in [-0.3, -0.25) is 4.79 Å². The Morgan fingerprint density at radius 3 is 2.73 bits per heavy atom.